The second-order valence-corrected chi connectivity index (χ2v) is 3.28. The summed E-state index contributed by atoms with van der Waals surface area (Å²) in [5.74, 6) is 1.51. The first kappa shape index (κ1) is 10.1. The Morgan fingerprint density at radius 3 is 2.46 bits per heavy atom. The van der Waals surface area contributed by atoms with Crippen molar-refractivity contribution in [3.63, 3.8) is 0 Å². The molecule has 1 rings (SSSR count). The molecular formula is C10H11BrO2. The van der Waals surface area contributed by atoms with Gasteiger partial charge in [-0.05, 0) is 22.0 Å². The van der Waals surface area contributed by atoms with Gasteiger partial charge < -0.3 is 9.47 Å². The Labute approximate surface area is 86.3 Å². The van der Waals surface area contributed by atoms with Crippen LogP contribution in [-0.2, 0) is 0 Å². The zero-order chi connectivity index (χ0) is 9.84. The fraction of sp³-hybridized carbons (Fsp3) is 0.200. The van der Waals surface area contributed by atoms with Crippen molar-refractivity contribution >= 4 is 22.0 Å². The van der Waals surface area contributed by atoms with E-state index < -0.39 is 0 Å². The zero-order valence-corrected chi connectivity index (χ0v) is 9.22. The largest absolute Gasteiger partial charge is 0.497 e. The molecule has 0 atom stereocenters. The molecule has 1 aromatic carbocycles. The summed E-state index contributed by atoms with van der Waals surface area (Å²) < 4.78 is 11.2. The van der Waals surface area contributed by atoms with Crippen molar-refractivity contribution in [3.8, 4) is 11.5 Å². The number of ether oxygens (including phenoxy) is 2. The summed E-state index contributed by atoms with van der Waals surface area (Å²) in [5, 5.41) is 0. The highest BCUT2D eigenvalue weighted by Crippen LogP contribution is 2.32. The van der Waals surface area contributed by atoms with Crippen molar-refractivity contribution in [3.05, 3.63) is 28.7 Å². The lowest BCUT2D eigenvalue weighted by molar-refractivity contribution is 0.393. The molecule has 3 heteroatoms. The summed E-state index contributed by atoms with van der Waals surface area (Å²) in [5.41, 5.74) is 0.934. The molecule has 0 bridgehead atoms. The standard InChI is InChI=1S/C10H11BrO2/c1-4-8-9(11)5-7(12-2)6-10(8)13-3/h4-6H,1H2,2-3H3. The number of methoxy groups -OCH3 is 2. The van der Waals surface area contributed by atoms with Crippen molar-refractivity contribution in [1.82, 2.24) is 0 Å². The lowest BCUT2D eigenvalue weighted by Gasteiger charge is -2.09. The number of hydrogen-bond donors (Lipinski definition) is 0. The normalized spacial score (nSPS) is 9.46. The lowest BCUT2D eigenvalue weighted by Crippen LogP contribution is -1.90. The van der Waals surface area contributed by atoms with Crippen LogP contribution < -0.4 is 9.47 Å². The first-order chi connectivity index (χ1) is 6.22. The van der Waals surface area contributed by atoms with Crippen molar-refractivity contribution in [2.45, 2.75) is 0 Å². The average molecular weight is 243 g/mol. The topological polar surface area (TPSA) is 18.5 Å². The molecule has 0 saturated heterocycles. The Hall–Kier alpha value is -0.960. The molecule has 70 valence electrons. The molecule has 2 nitrogen and oxygen atoms in total. The Kier molecular flexibility index (Phi) is 3.37. The van der Waals surface area contributed by atoms with E-state index in [4.69, 9.17) is 9.47 Å². The molecule has 13 heavy (non-hydrogen) atoms. The smallest absolute Gasteiger partial charge is 0.130 e. The van der Waals surface area contributed by atoms with Gasteiger partial charge in [-0.25, -0.2) is 0 Å². The van der Waals surface area contributed by atoms with Gasteiger partial charge in [-0.1, -0.05) is 12.7 Å². The monoisotopic (exact) mass is 242 g/mol. The molecule has 0 spiro atoms. The highest BCUT2D eigenvalue weighted by Gasteiger charge is 2.06. The van der Waals surface area contributed by atoms with E-state index in [9.17, 15) is 0 Å². The predicted molar refractivity (Wildman–Crippen MR) is 57.3 cm³/mol. The van der Waals surface area contributed by atoms with Gasteiger partial charge in [-0.15, -0.1) is 0 Å². The summed E-state index contributed by atoms with van der Waals surface area (Å²) in [6, 6.07) is 3.70. The molecule has 0 saturated carbocycles. The van der Waals surface area contributed by atoms with Gasteiger partial charge >= 0.3 is 0 Å². The van der Waals surface area contributed by atoms with Gasteiger partial charge in [-0.3, -0.25) is 0 Å². The number of benzene rings is 1. The third-order valence-electron chi connectivity index (χ3n) is 1.72. The molecule has 0 aromatic heterocycles. The third kappa shape index (κ3) is 2.04. The predicted octanol–water partition coefficient (Wildman–Crippen LogP) is 3.11. The molecule has 0 unspecified atom stereocenters. The van der Waals surface area contributed by atoms with E-state index in [0.29, 0.717) is 0 Å². The minimum Gasteiger partial charge on any atom is -0.497 e. The Morgan fingerprint density at radius 2 is 2.00 bits per heavy atom. The Bertz CT molecular complexity index is 321. The lowest BCUT2D eigenvalue weighted by atomic mass is 10.2. The van der Waals surface area contributed by atoms with Crippen molar-refractivity contribution in [2.24, 2.45) is 0 Å². The molecule has 0 aliphatic rings. The first-order valence-corrected chi connectivity index (χ1v) is 4.56. The summed E-state index contributed by atoms with van der Waals surface area (Å²) in [6.07, 6.45) is 1.74. The van der Waals surface area contributed by atoms with E-state index in [2.05, 4.69) is 22.5 Å². The summed E-state index contributed by atoms with van der Waals surface area (Å²) in [6.45, 7) is 3.71. The average Bonchev–Trinajstić information content (AvgIpc) is 2.16. The number of halogens is 1. The van der Waals surface area contributed by atoms with Crippen molar-refractivity contribution in [1.29, 1.82) is 0 Å². The molecular weight excluding hydrogens is 232 g/mol. The zero-order valence-electron chi connectivity index (χ0n) is 7.63. The minimum atomic E-state index is 0.751. The van der Waals surface area contributed by atoms with Gasteiger partial charge in [0, 0.05) is 16.1 Å². The van der Waals surface area contributed by atoms with Gasteiger partial charge in [0.15, 0.2) is 0 Å². The Balaban J connectivity index is 3.28. The maximum absolute atomic E-state index is 5.18. The molecule has 1 aromatic rings. The van der Waals surface area contributed by atoms with Gasteiger partial charge in [-0.2, -0.15) is 0 Å². The molecule has 0 heterocycles. The number of hydrogen-bond acceptors (Lipinski definition) is 2. The minimum absolute atomic E-state index is 0.751. The van der Waals surface area contributed by atoms with Crippen LogP contribution in [0.4, 0.5) is 0 Å². The van der Waals surface area contributed by atoms with E-state index in [1.165, 1.54) is 0 Å². The van der Waals surface area contributed by atoms with E-state index >= 15 is 0 Å². The Morgan fingerprint density at radius 1 is 1.31 bits per heavy atom. The van der Waals surface area contributed by atoms with Crippen LogP contribution in [0, 0.1) is 0 Å². The van der Waals surface area contributed by atoms with Crippen LogP contribution in [0.5, 0.6) is 11.5 Å². The maximum Gasteiger partial charge on any atom is 0.130 e. The third-order valence-corrected chi connectivity index (χ3v) is 2.38. The van der Waals surface area contributed by atoms with E-state index in [0.717, 1.165) is 21.5 Å². The SMILES string of the molecule is C=Cc1c(Br)cc(OC)cc1OC. The van der Waals surface area contributed by atoms with E-state index in [1.807, 2.05) is 12.1 Å². The van der Waals surface area contributed by atoms with Crippen molar-refractivity contribution in [2.75, 3.05) is 14.2 Å². The van der Waals surface area contributed by atoms with E-state index in [-0.39, 0.29) is 0 Å². The van der Waals surface area contributed by atoms with Crippen LogP contribution in [-0.4, -0.2) is 14.2 Å². The van der Waals surface area contributed by atoms with Gasteiger partial charge in [0.2, 0.25) is 0 Å². The van der Waals surface area contributed by atoms with Crippen LogP contribution >= 0.6 is 15.9 Å². The molecule has 0 aliphatic heterocycles. The molecule has 0 fully saturated rings. The number of rotatable bonds is 3. The molecule has 0 amide bonds. The summed E-state index contributed by atoms with van der Waals surface area (Å²) >= 11 is 3.41. The van der Waals surface area contributed by atoms with Crippen LogP contribution in [0.2, 0.25) is 0 Å². The summed E-state index contributed by atoms with van der Waals surface area (Å²) in [7, 11) is 3.24. The fourth-order valence-corrected chi connectivity index (χ4v) is 1.64. The van der Waals surface area contributed by atoms with Crippen LogP contribution in [0.1, 0.15) is 5.56 Å². The quantitative estimate of drug-likeness (QED) is 0.812. The van der Waals surface area contributed by atoms with Gasteiger partial charge in [0.25, 0.3) is 0 Å². The first-order valence-electron chi connectivity index (χ1n) is 3.77. The van der Waals surface area contributed by atoms with Gasteiger partial charge in [0.1, 0.15) is 11.5 Å². The van der Waals surface area contributed by atoms with Crippen molar-refractivity contribution < 1.29 is 9.47 Å². The van der Waals surface area contributed by atoms with E-state index in [1.54, 1.807) is 20.3 Å². The highest BCUT2D eigenvalue weighted by atomic mass is 79.9. The van der Waals surface area contributed by atoms with Crippen LogP contribution in [0.3, 0.4) is 0 Å². The maximum atomic E-state index is 5.18. The van der Waals surface area contributed by atoms with Gasteiger partial charge in [0.05, 0.1) is 14.2 Å². The second kappa shape index (κ2) is 4.33. The van der Waals surface area contributed by atoms with Crippen LogP contribution in [0.25, 0.3) is 6.08 Å². The fourth-order valence-electron chi connectivity index (χ4n) is 1.05. The summed E-state index contributed by atoms with van der Waals surface area (Å²) in [4.78, 5) is 0. The molecule has 0 radical (unpaired) electrons. The highest BCUT2D eigenvalue weighted by molar-refractivity contribution is 9.10. The van der Waals surface area contributed by atoms with Crippen LogP contribution in [0.15, 0.2) is 23.2 Å². The molecule has 0 aliphatic carbocycles. The molecule has 0 N–H and O–H groups in total. The second-order valence-electron chi connectivity index (χ2n) is 2.43.